The van der Waals surface area contributed by atoms with Crippen molar-refractivity contribution in [2.45, 2.75) is 25.4 Å². The fourth-order valence-electron chi connectivity index (χ4n) is 3.04. The van der Waals surface area contributed by atoms with Gasteiger partial charge in [0.2, 0.25) is 5.91 Å². The molecule has 3 heterocycles. The second-order valence-corrected chi connectivity index (χ2v) is 6.63. The quantitative estimate of drug-likeness (QED) is 0.893. The van der Waals surface area contributed by atoms with Gasteiger partial charge in [-0.15, -0.1) is 0 Å². The molecule has 130 valence electrons. The molecule has 24 heavy (non-hydrogen) atoms. The number of likely N-dealkylation sites (tertiary alicyclic amines) is 1. The summed E-state index contributed by atoms with van der Waals surface area (Å²) in [4.78, 5) is 30.8. The van der Waals surface area contributed by atoms with Crippen LogP contribution >= 0.6 is 11.6 Å². The number of nitrogens with one attached hydrogen (secondary N) is 1. The van der Waals surface area contributed by atoms with Crippen LogP contribution in [0.25, 0.3) is 0 Å². The Hall–Kier alpha value is -1.86. The van der Waals surface area contributed by atoms with Gasteiger partial charge in [0.25, 0.3) is 0 Å². The summed E-state index contributed by atoms with van der Waals surface area (Å²) in [6.07, 6.45) is 5.27. The fourth-order valence-corrected chi connectivity index (χ4v) is 3.22. The van der Waals surface area contributed by atoms with Crippen LogP contribution in [-0.2, 0) is 4.79 Å². The van der Waals surface area contributed by atoms with Crippen LogP contribution in [-0.4, -0.2) is 59.6 Å². The number of carbonyl (C=O) groups is 2. The van der Waals surface area contributed by atoms with E-state index in [2.05, 4.69) is 15.2 Å². The zero-order valence-electron chi connectivity index (χ0n) is 13.6. The Labute approximate surface area is 145 Å². The first kappa shape index (κ1) is 17.0. The summed E-state index contributed by atoms with van der Waals surface area (Å²) in [7, 11) is 1.50. The molecule has 1 aromatic rings. The topological polar surface area (TPSA) is 74.8 Å². The summed E-state index contributed by atoms with van der Waals surface area (Å²) in [5.74, 6) is 0.951. The molecule has 0 spiro atoms. The largest absolute Gasteiger partial charge is 0.492 e. The Bertz CT molecular complexity index is 601. The predicted octanol–water partition coefficient (Wildman–Crippen LogP) is 1.72. The first-order chi connectivity index (χ1) is 11.5. The van der Waals surface area contributed by atoms with E-state index in [0.717, 1.165) is 30.8 Å². The standard InChI is InChI=1S/C16H21ClN4O3/c1-20-15(22)8-14(19-16(20)23)21-6-3-11(4-7-21)10-24-13-2-5-18-9-12(13)17/h2,5,9,11,14H,3-4,6-8,10H2,1H3,(H,19,23). The number of halogens is 1. The number of rotatable bonds is 4. The van der Waals surface area contributed by atoms with Gasteiger partial charge in [-0.1, -0.05) is 11.6 Å². The number of hydrogen-bond donors (Lipinski definition) is 1. The van der Waals surface area contributed by atoms with Crippen molar-refractivity contribution in [1.82, 2.24) is 20.1 Å². The average Bonchev–Trinajstić information content (AvgIpc) is 2.59. The number of carbonyl (C=O) groups excluding carboxylic acids is 2. The number of amides is 3. The van der Waals surface area contributed by atoms with Crippen LogP contribution in [0.1, 0.15) is 19.3 Å². The number of pyridine rings is 1. The zero-order chi connectivity index (χ0) is 17.1. The summed E-state index contributed by atoms with van der Waals surface area (Å²) in [5, 5.41) is 3.40. The van der Waals surface area contributed by atoms with Crippen LogP contribution in [0, 0.1) is 5.92 Å². The lowest BCUT2D eigenvalue weighted by molar-refractivity contribution is -0.130. The molecule has 2 aliphatic heterocycles. The maximum Gasteiger partial charge on any atom is 0.325 e. The number of urea groups is 1. The Morgan fingerprint density at radius 1 is 1.38 bits per heavy atom. The molecule has 0 radical (unpaired) electrons. The summed E-state index contributed by atoms with van der Waals surface area (Å²) in [6, 6.07) is 1.44. The van der Waals surface area contributed by atoms with E-state index in [-0.39, 0.29) is 18.1 Å². The first-order valence-corrected chi connectivity index (χ1v) is 8.46. The first-order valence-electron chi connectivity index (χ1n) is 8.08. The van der Waals surface area contributed by atoms with Crippen LogP contribution in [0.5, 0.6) is 5.75 Å². The van der Waals surface area contributed by atoms with Gasteiger partial charge in [0.1, 0.15) is 10.8 Å². The molecule has 1 N–H and O–H groups in total. The third-order valence-electron chi connectivity index (χ3n) is 4.64. The lowest BCUT2D eigenvalue weighted by atomic mass is 9.97. The van der Waals surface area contributed by atoms with Gasteiger partial charge in [0.15, 0.2) is 0 Å². The lowest BCUT2D eigenvalue weighted by Crippen LogP contribution is -2.60. The SMILES string of the molecule is CN1C(=O)CC(N2CCC(COc3ccncc3Cl)CC2)NC1=O. The summed E-state index contributed by atoms with van der Waals surface area (Å²) in [6.45, 7) is 2.27. The summed E-state index contributed by atoms with van der Waals surface area (Å²) in [5.41, 5.74) is 0. The Kier molecular flexibility index (Phi) is 5.20. The Balaban J connectivity index is 1.47. The van der Waals surface area contributed by atoms with Gasteiger partial charge < -0.3 is 10.1 Å². The Morgan fingerprint density at radius 3 is 2.79 bits per heavy atom. The third-order valence-corrected chi connectivity index (χ3v) is 4.92. The molecule has 1 atom stereocenters. The van der Waals surface area contributed by atoms with E-state index in [1.165, 1.54) is 7.05 Å². The second-order valence-electron chi connectivity index (χ2n) is 6.22. The van der Waals surface area contributed by atoms with Crippen molar-refractivity contribution in [2.24, 2.45) is 5.92 Å². The molecule has 0 saturated carbocycles. The number of aromatic nitrogens is 1. The van der Waals surface area contributed by atoms with Gasteiger partial charge in [-0.05, 0) is 18.8 Å². The van der Waals surface area contributed by atoms with Gasteiger partial charge >= 0.3 is 6.03 Å². The monoisotopic (exact) mass is 352 g/mol. The van der Waals surface area contributed by atoms with Gasteiger partial charge in [-0.3, -0.25) is 19.6 Å². The Morgan fingerprint density at radius 2 is 2.12 bits per heavy atom. The van der Waals surface area contributed by atoms with Gasteiger partial charge in [0, 0.05) is 38.6 Å². The van der Waals surface area contributed by atoms with E-state index in [1.807, 2.05) is 0 Å². The molecular weight excluding hydrogens is 332 g/mol. The van der Waals surface area contributed by atoms with Crippen LogP contribution in [0.15, 0.2) is 18.5 Å². The number of piperidine rings is 1. The minimum Gasteiger partial charge on any atom is -0.492 e. The molecule has 3 rings (SSSR count). The molecule has 2 saturated heterocycles. The summed E-state index contributed by atoms with van der Waals surface area (Å²) < 4.78 is 5.78. The van der Waals surface area contributed by atoms with Crippen LogP contribution in [0.4, 0.5) is 4.79 Å². The van der Waals surface area contributed by atoms with Gasteiger partial charge in [-0.2, -0.15) is 0 Å². The maximum absolute atomic E-state index is 11.8. The third kappa shape index (κ3) is 3.79. The molecule has 3 amide bonds. The molecule has 0 aliphatic carbocycles. The van der Waals surface area contributed by atoms with Crippen molar-refractivity contribution >= 4 is 23.5 Å². The van der Waals surface area contributed by atoms with Crippen LogP contribution in [0.2, 0.25) is 5.02 Å². The average molecular weight is 353 g/mol. The zero-order valence-corrected chi connectivity index (χ0v) is 14.3. The predicted molar refractivity (Wildman–Crippen MR) is 88.7 cm³/mol. The lowest BCUT2D eigenvalue weighted by Gasteiger charge is -2.40. The van der Waals surface area contributed by atoms with Crippen molar-refractivity contribution in [3.63, 3.8) is 0 Å². The van der Waals surface area contributed by atoms with Gasteiger partial charge in [0.05, 0.1) is 19.2 Å². The molecule has 7 nitrogen and oxygen atoms in total. The number of nitrogens with zero attached hydrogens (tertiary/aromatic N) is 3. The molecular formula is C16H21ClN4O3. The van der Waals surface area contributed by atoms with Crippen molar-refractivity contribution in [2.75, 3.05) is 26.7 Å². The van der Waals surface area contributed by atoms with Crippen molar-refractivity contribution in [3.05, 3.63) is 23.5 Å². The summed E-state index contributed by atoms with van der Waals surface area (Å²) >= 11 is 6.03. The van der Waals surface area contributed by atoms with E-state index in [4.69, 9.17) is 16.3 Å². The van der Waals surface area contributed by atoms with Crippen molar-refractivity contribution in [1.29, 1.82) is 0 Å². The molecule has 2 aliphatic rings. The molecule has 1 aromatic heterocycles. The van der Waals surface area contributed by atoms with E-state index >= 15 is 0 Å². The van der Waals surface area contributed by atoms with E-state index in [9.17, 15) is 9.59 Å². The van der Waals surface area contributed by atoms with E-state index < -0.39 is 0 Å². The molecule has 0 bridgehead atoms. The number of ether oxygens (including phenoxy) is 1. The minimum absolute atomic E-state index is 0.137. The highest BCUT2D eigenvalue weighted by Crippen LogP contribution is 2.25. The number of imide groups is 1. The molecule has 0 aromatic carbocycles. The minimum atomic E-state index is -0.325. The highest BCUT2D eigenvalue weighted by Gasteiger charge is 2.34. The maximum atomic E-state index is 11.8. The van der Waals surface area contributed by atoms with Crippen molar-refractivity contribution < 1.29 is 14.3 Å². The second kappa shape index (κ2) is 7.36. The van der Waals surface area contributed by atoms with E-state index in [1.54, 1.807) is 18.5 Å². The van der Waals surface area contributed by atoms with E-state index in [0.29, 0.717) is 29.7 Å². The van der Waals surface area contributed by atoms with Crippen molar-refractivity contribution in [3.8, 4) is 5.75 Å². The molecule has 2 fully saturated rings. The molecule has 8 heteroatoms. The normalized spacial score (nSPS) is 23.2. The number of hydrogen-bond acceptors (Lipinski definition) is 5. The fraction of sp³-hybridized carbons (Fsp3) is 0.562. The highest BCUT2D eigenvalue weighted by atomic mass is 35.5. The smallest absolute Gasteiger partial charge is 0.325 e. The molecule has 1 unspecified atom stereocenters. The highest BCUT2D eigenvalue weighted by molar-refractivity contribution is 6.31. The van der Waals surface area contributed by atoms with Gasteiger partial charge in [-0.25, -0.2) is 4.79 Å². The van der Waals surface area contributed by atoms with Crippen LogP contribution < -0.4 is 10.1 Å². The van der Waals surface area contributed by atoms with Crippen LogP contribution in [0.3, 0.4) is 0 Å².